The lowest BCUT2D eigenvalue weighted by molar-refractivity contribution is -0.0757. The second kappa shape index (κ2) is 7.06. The maximum Gasteiger partial charge on any atom is 0.277 e. The van der Waals surface area contributed by atoms with Crippen LogP contribution in [0.3, 0.4) is 0 Å². The van der Waals surface area contributed by atoms with Crippen molar-refractivity contribution in [2.24, 2.45) is 0 Å². The van der Waals surface area contributed by atoms with Gasteiger partial charge in [-0.25, -0.2) is 5.06 Å². The van der Waals surface area contributed by atoms with Gasteiger partial charge in [0.05, 0.1) is 7.11 Å². The first kappa shape index (κ1) is 15.4. The molecule has 1 heterocycles. The Kier molecular flexibility index (Phi) is 5.72. The van der Waals surface area contributed by atoms with Crippen molar-refractivity contribution < 1.29 is 9.63 Å². The number of hydrogen-bond acceptors (Lipinski definition) is 4. The summed E-state index contributed by atoms with van der Waals surface area (Å²) in [5.41, 5.74) is 0.838. The molecular formula is C13H21N3O3. The fourth-order valence-electron chi connectivity index (χ4n) is 1.71. The Balaban J connectivity index is 2.82. The molecule has 0 aliphatic rings. The molecule has 0 bridgehead atoms. The van der Waals surface area contributed by atoms with Crippen molar-refractivity contribution in [1.82, 2.24) is 14.9 Å². The van der Waals surface area contributed by atoms with Crippen LogP contribution in [0.4, 0.5) is 0 Å². The molecule has 0 aromatic carbocycles. The van der Waals surface area contributed by atoms with Crippen LogP contribution in [0, 0.1) is 0 Å². The zero-order valence-electron chi connectivity index (χ0n) is 11.9. The third kappa shape index (κ3) is 4.84. The van der Waals surface area contributed by atoms with E-state index in [4.69, 9.17) is 4.84 Å². The molecule has 0 aliphatic heterocycles. The summed E-state index contributed by atoms with van der Waals surface area (Å²) >= 11 is 0. The number of hydrogen-bond donors (Lipinski definition) is 1. The molecule has 0 spiro atoms. The largest absolute Gasteiger partial charge is 0.326 e. The molecule has 1 rings (SSSR count). The SMILES string of the molecule is CON(C)C(=O)c1cc(CCCN(C)C)[nH]c(=O)c1. The molecule has 106 valence electrons. The number of aromatic amines is 1. The van der Waals surface area contributed by atoms with Gasteiger partial charge in [-0.15, -0.1) is 0 Å². The Morgan fingerprint density at radius 1 is 1.32 bits per heavy atom. The van der Waals surface area contributed by atoms with Crippen LogP contribution in [0.15, 0.2) is 16.9 Å². The predicted octanol–water partition coefficient (Wildman–Crippen LogP) is 0.502. The summed E-state index contributed by atoms with van der Waals surface area (Å²) in [5.74, 6) is -0.331. The highest BCUT2D eigenvalue weighted by Gasteiger charge is 2.13. The van der Waals surface area contributed by atoms with Gasteiger partial charge in [0.15, 0.2) is 0 Å². The first-order chi connectivity index (χ1) is 8.93. The van der Waals surface area contributed by atoms with E-state index < -0.39 is 0 Å². The van der Waals surface area contributed by atoms with Gasteiger partial charge < -0.3 is 9.88 Å². The first-order valence-corrected chi connectivity index (χ1v) is 6.14. The molecule has 0 saturated heterocycles. The Hall–Kier alpha value is -1.66. The summed E-state index contributed by atoms with van der Waals surface area (Å²) in [6, 6.07) is 2.99. The summed E-state index contributed by atoms with van der Waals surface area (Å²) in [6.07, 6.45) is 1.64. The Morgan fingerprint density at radius 2 is 2.00 bits per heavy atom. The van der Waals surface area contributed by atoms with Gasteiger partial charge in [-0.05, 0) is 39.5 Å². The lowest BCUT2D eigenvalue weighted by atomic mass is 10.1. The van der Waals surface area contributed by atoms with E-state index in [2.05, 4.69) is 9.88 Å². The maximum atomic E-state index is 11.9. The van der Waals surface area contributed by atoms with Crippen molar-refractivity contribution in [1.29, 1.82) is 0 Å². The van der Waals surface area contributed by atoms with Crippen molar-refractivity contribution in [3.63, 3.8) is 0 Å². The topological polar surface area (TPSA) is 65.6 Å². The minimum absolute atomic E-state index is 0.268. The zero-order chi connectivity index (χ0) is 14.4. The standard InChI is InChI=1S/C13H21N3O3/c1-15(2)7-5-6-11-8-10(9-12(17)14-11)13(18)16(3)19-4/h8-9H,5-7H2,1-4H3,(H,14,17). The van der Waals surface area contributed by atoms with E-state index >= 15 is 0 Å². The number of nitrogens with zero attached hydrogens (tertiary/aromatic N) is 2. The van der Waals surface area contributed by atoms with Gasteiger partial charge in [0, 0.05) is 24.4 Å². The van der Waals surface area contributed by atoms with E-state index in [0.717, 1.165) is 30.1 Å². The summed E-state index contributed by atoms with van der Waals surface area (Å²) in [5, 5.41) is 1.10. The minimum atomic E-state index is -0.331. The number of aryl methyl sites for hydroxylation is 1. The zero-order valence-corrected chi connectivity index (χ0v) is 11.9. The number of H-pyrrole nitrogens is 1. The van der Waals surface area contributed by atoms with Crippen LogP contribution in [0.2, 0.25) is 0 Å². The third-order valence-electron chi connectivity index (χ3n) is 2.76. The Morgan fingerprint density at radius 3 is 2.58 bits per heavy atom. The normalized spacial score (nSPS) is 10.8. The van der Waals surface area contributed by atoms with Crippen LogP contribution in [0.1, 0.15) is 22.5 Å². The molecule has 1 aromatic heterocycles. The molecule has 1 aromatic rings. The van der Waals surface area contributed by atoms with E-state index in [1.165, 1.54) is 20.2 Å². The van der Waals surface area contributed by atoms with Crippen molar-refractivity contribution in [2.45, 2.75) is 12.8 Å². The van der Waals surface area contributed by atoms with E-state index in [-0.39, 0.29) is 11.5 Å². The van der Waals surface area contributed by atoms with Gasteiger partial charge in [-0.3, -0.25) is 14.4 Å². The number of rotatable bonds is 6. The fourth-order valence-corrected chi connectivity index (χ4v) is 1.71. The smallest absolute Gasteiger partial charge is 0.277 e. The minimum Gasteiger partial charge on any atom is -0.326 e. The number of aromatic nitrogens is 1. The number of carbonyl (C=O) groups excluding carboxylic acids is 1. The number of amides is 1. The third-order valence-corrected chi connectivity index (χ3v) is 2.76. The predicted molar refractivity (Wildman–Crippen MR) is 73.0 cm³/mol. The second-order valence-electron chi connectivity index (χ2n) is 4.65. The molecule has 1 N–H and O–H groups in total. The first-order valence-electron chi connectivity index (χ1n) is 6.14. The molecular weight excluding hydrogens is 246 g/mol. The van der Waals surface area contributed by atoms with E-state index in [0.29, 0.717) is 5.56 Å². The second-order valence-corrected chi connectivity index (χ2v) is 4.65. The summed E-state index contributed by atoms with van der Waals surface area (Å²) in [4.78, 5) is 33.1. The highest BCUT2D eigenvalue weighted by Crippen LogP contribution is 2.05. The number of nitrogens with one attached hydrogen (secondary N) is 1. The molecule has 1 amide bonds. The quantitative estimate of drug-likeness (QED) is 0.762. The fraction of sp³-hybridized carbons (Fsp3) is 0.538. The van der Waals surface area contributed by atoms with Gasteiger partial charge in [0.2, 0.25) is 5.56 Å². The monoisotopic (exact) mass is 267 g/mol. The van der Waals surface area contributed by atoms with Crippen molar-refractivity contribution in [3.05, 3.63) is 33.7 Å². The van der Waals surface area contributed by atoms with Gasteiger partial charge >= 0.3 is 0 Å². The van der Waals surface area contributed by atoms with Crippen LogP contribution in [0.5, 0.6) is 0 Å². The summed E-state index contributed by atoms with van der Waals surface area (Å²) in [6.45, 7) is 0.929. The van der Waals surface area contributed by atoms with E-state index in [1.54, 1.807) is 6.07 Å². The molecule has 0 unspecified atom stereocenters. The summed E-state index contributed by atoms with van der Waals surface area (Å²) < 4.78 is 0. The molecule has 0 atom stereocenters. The van der Waals surface area contributed by atoms with Crippen molar-refractivity contribution in [3.8, 4) is 0 Å². The van der Waals surface area contributed by atoms with Crippen molar-refractivity contribution in [2.75, 3.05) is 34.8 Å². The molecule has 0 fully saturated rings. The number of carbonyl (C=O) groups is 1. The average molecular weight is 267 g/mol. The summed E-state index contributed by atoms with van der Waals surface area (Å²) in [7, 11) is 6.91. The van der Waals surface area contributed by atoms with Crippen molar-refractivity contribution >= 4 is 5.91 Å². The van der Waals surface area contributed by atoms with Gasteiger partial charge in [0.25, 0.3) is 5.91 Å². The van der Waals surface area contributed by atoms with Crippen LogP contribution in [-0.4, -0.2) is 55.7 Å². The average Bonchev–Trinajstić information content (AvgIpc) is 2.35. The van der Waals surface area contributed by atoms with Crippen LogP contribution < -0.4 is 5.56 Å². The van der Waals surface area contributed by atoms with Crippen LogP contribution >= 0.6 is 0 Å². The van der Waals surface area contributed by atoms with E-state index in [9.17, 15) is 9.59 Å². The maximum absolute atomic E-state index is 11.9. The lowest BCUT2D eigenvalue weighted by Gasteiger charge is -2.14. The van der Waals surface area contributed by atoms with Crippen LogP contribution in [0.25, 0.3) is 0 Å². The highest BCUT2D eigenvalue weighted by molar-refractivity contribution is 5.93. The number of pyridine rings is 1. The Labute approximate surface area is 112 Å². The molecule has 0 radical (unpaired) electrons. The number of hydroxylamine groups is 2. The van der Waals surface area contributed by atoms with Gasteiger partial charge in [-0.2, -0.15) is 0 Å². The van der Waals surface area contributed by atoms with Gasteiger partial charge in [0.1, 0.15) is 0 Å². The molecule has 0 saturated carbocycles. The Bertz CT molecular complexity index is 482. The highest BCUT2D eigenvalue weighted by atomic mass is 16.7. The molecule has 6 heteroatoms. The molecule has 6 nitrogen and oxygen atoms in total. The molecule has 0 aliphatic carbocycles. The van der Waals surface area contributed by atoms with Gasteiger partial charge in [-0.1, -0.05) is 0 Å². The van der Waals surface area contributed by atoms with Crippen LogP contribution in [-0.2, 0) is 11.3 Å². The lowest BCUT2D eigenvalue weighted by Crippen LogP contribution is -2.27. The van der Waals surface area contributed by atoms with E-state index in [1.807, 2.05) is 14.1 Å². The molecule has 19 heavy (non-hydrogen) atoms.